The lowest BCUT2D eigenvalue weighted by molar-refractivity contribution is 0.242. The van der Waals surface area contributed by atoms with Gasteiger partial charge in [-0.05, 0) is 76.0 Å². The summed E-state index contributed by atoms with van der Waals surface area (Å²) in [6.07, 6.45) is 1.72. The maximum Gasteiger partial charge on any atom is 0.140 e. The molecule has 1 fully saturated rings. The van der Waals surface area contributed by atoms with Gasteiger partial charge in [-0.15, -0.1) is 5.10 Å². The van der Waals surface area contributed by atoms with E-state index >= 15 is 0 Å². The van der Waals surface area contributed by atoms with Crippen LogP contribution in [0.25, 0.3) is 11.3 Å². The summed E-state index contributed by atoms with van der Waals surface area (Å²) in [5.41, 5.74) is 2.11. The Labute approximate surface area is 181 Å². The van der Waals surface area contributed by atoms with E-state index in [0.717, 1.165) is 34.3 Å². The van der Waals surface area contributed by atoms with Crippen LogP contribution in [0.15, 0.2) is 40.9 Å². The Bertz CT molecular complexity index is 1230. The maximum atomic E-state index is 14.3. The van der Waals surface area contributed by atoms with Crippen molar-refractivity contribution >= 4 is 15.9 Å². The molecule has 0 unspecified atom stereocenters. The fourth-order valence-corrected chi connectivity index (χ4v) is 6.08. The van der Waals surface area contributed by atoms with Crippen LogP contribution in [0.2, 0.25) is 0 Å². The predicted octanol–water partition coefficient (Wildman–Crippen LogP) is 5.65. The number of rotatable bonds is 2. The third-order valence-corrected chi connectivity index (χ3v) is 7.61. The number of pyridine rings is 1. The summed E-state index contributed by atoms with van der Waals surface area (Å²) in [4.78, 5) is 4.65. The van der Waals surface area contributed by atoms with Crippen LogP contribution in [0.4, 0.5) is 8.78 Å². The Morgan fingerprint density at radius 1 is 1.10 bits per heavy atom. The summed E-state index contributed by atoms with van der Waals surface area (Å²) in [5.74, 6) is -1.17. The summed E-state index contributed by atoms with van der Waals surface area (Å²) in [6.45, 7) is 4.34. The maximum absolute atomic E-state index is 14.3. The van der Waals surface area contributed by atoms with Crippen LogP contribution in [0.1, 0.15) is 55.3 Å². The van der Waals surface area contributed by atoms with Crippen molar-refractivity contribution in [2.45, 2.75) is 38.0 Å². The highest BCUT2D eigenvalue weighted by atomic mass is 79.9. The van der Waals surface area contributed by atoms with Gasteiger partial charge in [-0.25, -0.2) is 13.8 Å². The average Bonchev–Trinajstić information content (AvgIpc) is 3.09. The zero-order valence-electron chi connectivity index (χ0n) is 16.4. The molecule has 30 heavy (non-hydrogen) atoms. The van der Waals surface area contributed by atoms with Crippen molar-refractivity contribution in [2.24, 2.45) is 5.41 Å². The van der Waals surface area contributed by atoms with E-state index in [1.807, 2.05) is 6.07 Å². The zero-order valence-corrected chi connectivity index (χ0v) is 18.0. The van der Waals surface area contributed by atoms with E-state index in [-0.39, 0.29) is 22.6 Å². The quantitative estimate of drug-likeness (QED) is 0.489. The number of hydrogen-bond donors (Lipinski definition) is 0. The van der Waals surface area contributed by atoms with Gasteiger partial charge < -0.3 is 0 Å². The number of hydrogen-bond acceptors (Lipinski definition) is 4. The molecule has 0 N–H and O–H groups in total. The second-order valence-electron chi connectivity index (χ2n) is 8.49. The van der Waals surface area contributed by atoms with Gasteiger partial charge in [0.1, 0.15) is 23.4 Å². The number of halogens is 3. The fraction of sp³-hybridized carbons (Fsp3) is 0.304. The van der Waals surface area contributed by atoms with Gasteiger partial charge in [0.15, 0.2) is 0 Å². The topological polar surface area (TPSA) is 62.5 Å². The predicted molar refractivity (Wildman–Crippen MR) is 111 cm³/mol. The Morgan fingerprint density at radius 2 is 1.83 bits per heavy atom. The van der Waals surface area contributed by atoms with Crippen molar-refractivity contribution in [3.63, 3.8) is 0 Å². The summed E-state index contributed by atoms with van der Waals surface area (Å²) in [6, 6.07) is 11.2. The highest BCUT2D eigenvalue weighted by Gasteiger charge is 2.65. The molecule has 150 valence electrons. The van der Waals surface area contributed by atoms with Crippen molar-refractivity contribution in [1.82, 2.24) is 15.2 Å². The molecule has 2 aliphatic rings. The van der Waals surface area contributed by atoms with Crippen LogP contribution < -0.4 is 0 Å². The molecule has 3 aromatic rings. The smallest absolute Gasteiger partial charge is 0.140 e. The van der Waals surface area contributed by atoms with E-state index in [1.54, 1.807) is 12.1 Å². The minimum Gasteiger partial charge on any atom is -0.240 e. The second-order valence-corrected chi connectivity index (χ2v) is 9.34. The first-order valence-corrected chi connectivity index (χ1v) is 10.5. The highest BCUT2D eigenvalue weighted by Crippen LogP contribution is 2.70. The van der Waals surface area contributed by atoms with E-state index in [2.05, 4.69) is 51.0 Å². The molecule has 2 aromatic heterocycles. The molecule has 1 aromatic carbocycles. The van der Waals surface area contributed by atoms with E-state index in [9.17, 15) is 14.0 Å². The number of benzene rings is 1. The van der Waals surface area contributed by atoms with Gasteiger partial charge in [0.05, 0.1) is 28.1 Å². The molecule has 1 saturated carbocycles. The third-order valence-electron chi connectivity index (χ3n) is 6.97. The molecule has 4 nitrogen and oxygen atoms in total. The summed E-state index contributed by atoms with van der Waals surface area (Å²) in [5, 5.41) is 18.1. The lowest BCUT2D eigenvalue weighted by atomic mass is 9.66. The Hall–Kier alpha value is -2.72. The van der Waals surface area contributed by atoms with Crippen molar-refractivity contribution in [2.75, 3.05) is 0 Å². The van der Waals surface area contributed by atoms with E-state index in [0.29, 0.717) is 5.69 Å². The lowest BCUT2D eigenvalue weighted by Gasteiger charge is -2.38. The molecular formula is C23H17BrF2N4. The van der Waals surface area contributed by atoms with Gasteiger partial charge in [-0.3, -0.25) is 0 Å². The van der Waals surface area contributed by atoms with Crippen molar-refractivity contribution in [3.05, 3.63) is 75.2 Å². The van der Waals surface area contributed by atoms with Crippen LogP contribution in [0.5, 0.6) is 0 Å². The van der Waals surface area contributed by atoms with Gasteiger partial charge in [0.25, 0.3) is 0 Å². The molecule has 2 aliphatic carbocycles. The first kappa shape index (κ1) is 19.3. The molecule has 0 radical (unpaired) electrons. The molecule has 0 saturated heterocycles. The van der Waals surface area contributed by atoms with Crippen molar-refractivity contribution in [1.29, 1.82) is 5.26 Å². The van der Waals surface area contributed by atoms with Gasteiger partial charge in [0, 0.05) is 4.47 Å². The molecule has 2 heterocycles. The van der Waals surface area contributed by atoms with Gasteiger partial charge in [0.2, 0.25) is 0 Å². The first-order chi connectivity index (χ1) is 14.3. The second kappa shape index (κ2) is 6.39. The first-order valence-electron chi connectivity index (χ1n) is 9.71. The normalized spacial score (nSPS) is 23.3. The van der Waals surface area contributed by atoms with Gasteiger partial charge in [-0.2, -0.15) is 10.4 Å². The Balaban J connectivity index is 1.76. The van der Waals surface area contributed by atoms with Gasteiger partial charge >= 0.3 is 0 Å². The van der Waals surface area contributed by atoms with Crippen molar-refractivity contribution in [3.8, 4) is 17.3 Å². The van der Waals surface area contributed by atoms with Crippen LogP contribution in [-0.2, 0) is 5.41 Å². The van der Waals surface area contributed by atoms with Crippen molar-refractivity contribution < 1.29 is 8.78 Å². The molecular weight excluding hydrogens is 450 g/mol. The molecule has 5 rings (SSSR count). The highest BCUT2D eigenvalue weighted by molar-refractivity contribution is 9.10. The summed E-state index contributed by atoms with van der Waals surface area (Å²) < 4.78 is 29.5. The minimum absolute atomic E-state index is 0.149. The Morgan fingerprint density at radius 3 is 2.53 bits per heavy atom. The SMILES string of the molecule is CC1(C)[C@H]2CC[C@]1(c1nc(C#N)ccc1Br)c1nnc(-c3c(F)cccc3F)cc12. The van der Waals surface area contributed by atoms with Crippen LogP contribution in [0.3, 0.4) is 0 Å². The molecule has 2 atom stereocenters. The third kappa shape index (κ3) is 2.31. The largest absolute Gasteiger partial charge is 0.240 e. The van der Waals surface area contributed by atoms with E-state index in [1.165, 1.54) is 18.2 Å². The van der Waals surface area contributed by atoms with Crippen LogP contribution >= 0.6 is 15.9 Å². The minimum atomic E-state index is -0.660. The number of nitrogens with zero attached hydrogens (tertiary/aromatic N) is 4. The molecule has 0 spiro atoms. The number of fused-ring (bicyclic) bond motifs is 5. The Kier molecular flexibility index (Phi) is 4.10. The van der Waals surface area contributed by atoms with Crippen LogP contribution in [0, 0.1) is 28.4 Å². The fourth-order valence-electron chi connectivity index (χ4n) is 5.52. The monoisotopic (exact) mass is 466 g/mol. The molecule has 2 bridgehead atoms. The van der Waals surface area contributed by atoms with Gasteiger partial charge in [-0.1, -0.05) is 19.9 Å². The van der Waals surface area contributed by atoms with E-state index in [4.69, 9.17) is 0 Å². The lowest BCUT2D eigenvalue weighted by Crippen LogP contribution is -2.38. The summed E-state index contributed by atoms with van der Waals surface area (Å²) in [7, 11) is 0. The molecule has 0 amide bonds. The number of aromatic nitrogens is 3. The molecule has 7 heteroatoms. The standard InChI is InChI=1S/C23H17BrF2N4/c1-22(2)14-8-9-23(22,21-15(24)7-6-12(11-27)28-21)20-13(14)10-18(29-30-20)19-16(25)4-3-5-17(19)26/h3-7,10,14H,8-9H2,1-2H3/t14-,23+/m0/s1. The zero-order chi connectivity index (χ0) is 21.3. The average molecular weight is 467 g/mol. The van der Waals surface area contributed by atoms with E-state index < -0.39 is 17.0 Å². The summed E-state index contributed by atoms with van der Waals surface area (Å²) >= 11 is 3.62. The number of nitriles is 1. The van der Waals surface area contributed by atoms with Crippen LogP contribution in [-0.4, -0.2) is 15.2 Å². The molecule has 0 aliphatic heterocycles.